The van der Waals surface area contributed by atoms with Gasteiger partial charge in [0.2, 0.25) is 0 Å². The second kappa shape index (κ2) is 11.5. The van der Waals surface area contributed by atoms with Crippen molar-refractivity contribution in [2.45, 2.75) is 12.3 Å². The highest BCUT2D eigenvalue weighted by Gasteiger charge is 2.14. The number of carbonyl (C=O) groups excluding carboxylic acids is 1. The minimum Gasteiger partial charge on any atom is -0.459 e. The lowest BCUT2D eigenvalue weighted by molar-refractivity contribution is 0.0926. The highest BCUT2D eigenvalue weighted by atomic mass is 16.3. The Hall–Kier alpha value is -3.54. The van der Waals surface area contributed by atoms with Crippen molar-refractivity contribution in [3.8, 4) is 0 Å². The van der Waals surface area contributed by atoms with Gasteiger partial charge in [-0.1, -0.05) is 60.7 Å². The number of carbonyl (C=O) groups is 1. The van der Waals surface area contributed by atoms with Crippen LogP contribution in [0.15, 0.2) is 88.5 Å². The molecule has 0 atom stereocenters. The van der Waals surface area contributed by atoms with Crippen molar-refractivity contribution in [3.63, 3.8) is 0 Å². The number of benzene rings is 2. The first-order valence-electron chi connectivity index (χ1n) is 10.1. The molecule has 0 fully saturated rings. The molecule has 3 aromatic rings. The van der Waals surface area contributed by atoms with Crippen LogP contribution in [-0.2, 0) is 0 Å². The molecule has 0 radical (unpaired) electrons. The van der Waals surface area contributed by atoms with E-state index < -0.39 is 0 Å². The molecule has 2 aromatic carbocycles. The Morgan fingerprint density at radius 2 is 1.43 bits per heavy atom. The van der Waals surface area contributed by atoms with Gasteiger partial charge in [0.25, 0.3) is 5.91 Å². The second-order valence-corrected chi connectivity index (χ2v) is 6.82. The molecule has 0 aliphatic heterocycles. The van der Waals surface area contributed by atoms with E-state index in [4.69, 9.17) is 4.42 Å². The van der Waals surface area contributed by atoms with Gasteiger partial charge in [-0.25, -0.2) is 0 Å². The third-order valence-electron chi connectivity index (χ3n) is 4.80. The van der Waals surface area contributed by atoms with Crippen LogP contribution in [-0.4, -0.2) is 38.5 Å². The average molecular weight is 405 g/mol. The van der Waals surface area contributed by atoms with Gasteiger partial charge in [-0.05, 0) is 29.7 Å². The first kappa shape index (κ1) is 21.2. The van der Waals surface area contributed by atoms with Crippen molar-refractivity contribution in [3.05, 3.63) is 95.9 Å². The molecule has 30 heavy (non-hydrogen) atoms. The number of amides is 1. The number of hydrogen-bond donors (Lipinski definition) is 3. The van der Waals surface area contributed by atoms with Crippen molar-refractivity contribution in [1.82, 2.24) is 16.0 Å². The molecule has 0 saturated carbocycles. The Morgan fingerprint density at radius 3 is 2.00 bits per heavy atom. The maximum Gasteiger partial charge on any atom is 0.287 e. The summed E-state index contributed by atoms with van der Waals surface area (Å²) in [5.74, 6) is 1.11. The second-order valence-electron chi connectivity index (χ2n) is 6.82. The van der Waals surface area contributed by atoms with E-state index in [2.05, 4.69) is 69.5 Å². The molecular formula is C24H28N4O2. The zero-order chi connectivity index (χ0) is 21.0. The van der Waals surface area contributed by atoms with Crippen LogP contribution in [0.5, 0.6) is 0 Å². The van der Waals surface area contributed by atoms with Gasteiger partial charge in [0.05, 0.1) is 6.26 Å². The Kier molecular flexibility index (Phi) is 8.09. The summed E-state index contributed by atoms with van der Waals surface area (Å²) in [5.41, 5.74) is 2.60. The lowest BCUT2D eigenvalue weighted by Crippen LogP contribution is -2.42. The van der Waals surface area contributed by atoms with E-state index in [1.54, 1.807) is 19.2 Å². The van der Waals surface area contributed by atoms with Gasteiger partial charge < -0.3 is 20.4 Å². The summed E-state index contributed by atoms with van der Waals surface area (Å²) in [6.07, 6.45) is 2.42. The molecule has 1 heterocycles. The van der Waals surface area contributed by atoms with Crippen LogP contribution < -0.4 is 16.0 Å². The SMILES string of the molecule is CN=C(NCCNC(=O)c1ccco1)NCCC(c1ccccc1)c1ccccc1. The molecule has 1 amide bonds. The number of nitrogens with zero attached hydrogens (tertiary/aromatic N) is 1. The van der Waals surface area contributed by atoms with Gasteiger partial charge in [-0.15, -0.1) is 0 Å². The summed E-state index contributed by atoms with van der Waals surface area (Å²) in [5, 5.41) is 9.38. The van der Waals surface area contributed by atoms with Crippen LogP contribution in [0.1, 0.15) is 34.0 Å². The van der Waals surface area contributed by atoms with E-state index in [0.29, 0.717) is 30.7 Å². The Labute approximate surface area is 177 Å². The van der Waals surface area contributed by atoms with Crippen molar-refractivity contribution in [2.75, 3.05) is 26.7 Å². The minimum atomic E-state index is -0.224. The predicted molar refractivity (Wildman–Crippen MR) is 120 cm³/mol. The van der Waals surface area contributed by atoms with E-state index in [-0.39, 0.29) is 5.91 Å². The molecule has 0 saturated heterocycles. The zero-order valence-electron chi connectivity index (χ0n) is 17.2. The van der Waals surface area contributed by atoms with Gasteiger partial charge in [0, 0.05) is 32.6 Å². The first-order chi connectivity index (χ1) is 14.8. The van der Waals surface area contributed by atoms with Gasteiger partial charge in [0.15, 0.2) is 11.7 Å². The molecule has 0 spiro atoms. The van der Waals surface area contributed by atoms with Crippen molar-refractivity contribution in [1.29, 1.82) is 0 Å². The van der Waals surface area contributed by atoms with E-state index in [1.807, 2.05) is 12.1 Å². The van der Waals surface area contributed by atoms with E-state index in [1.165, 1.54) is 17.4 Å². The molecule has 0 aliphatic carbocycles. The fraction of sp³-hybridized carbons (Fsp3) is 0.250. The molecule has 3 rings (SSSR count). The summed E-state index contributed by atoms with van der Waals surface area (Å²) in [4.78, 5) is 16.1. The number of furan rings is 1. The van der Waals surface area contributed by atoms with Crippen LogP contribution in [0.2, 0.25) is 0 Å². The molecule has 3 N–H and O–H groups in total. The Balaban J connectivity index is 1.46. The van der Waals surface area contributed by atoms with Gasteiger partial charge in [-0.3, -0.25) is 9.79 Å². The van der Waals surface area contributed by atoms with Crippen LogP contribution in [0.4, 0.5) is 0 Å². The largest absolute Gasteiger partial charge is 0.459 e. The first-order valence-corrected chi connectivity index (χ1v) is 10.1. The highest BCUT2D eigenvalue weighted by molar-refractivity contribution is 5.91. The number of hydrogen-bond acceptors (Lipinski definition) is 3. The summed E-state index contributed by atoms with van der Waals surface area (Å²) in [6, 6.07) is 24.4. The normalized spacial score (nSPS) is 11.3. The Morgan fingerprint density at radius 1 is 0.833 bits per heavy atom. The van der Waals surface area contributed by atoms with Crippen molar-refractivity contribution < 1.29 is 9.21 Å². The van der Waals surface area contributed by atoms with Crippen LogP contribution in [0, 0.1) is 0 Å². The smallest absolute Gasteiger partial charge is 0.287 e. The van der Waals surface area contributed by atoms with Crippen molar-refractivity contribution >= 4 is 11.9 Å². The van der Waals surface area contributed by atoms with Crippen LogP contribution >= 0.6 is 0 Å². The molecule has 6 heteroatoms. The summed E-state index contributed by atoms with van der Waals surface area (Å²) < 4.78 is 5.07. The van der Waals surface area contributed by atoms with E-state index in [9.17, 15) is 4.79 Å². The molecule has 0 bridgehead atoms. The highest BCUT2D eigenvalue weighted by Crippen LogP contribution is 2.27. The van der Waals surface area contributed by atoms with Crippen LogP contribution in [0.25, 0.3) is 0 Å². The molecule has 6 nitrogen and oxygen atoms in total. The molecule has 1 aromatic heterocycles. The minimum absolute atomic E-state index is 0.224. The summed E-state index contributed by atoms with van der Waals surface area (Å²) in [7, 11) is 1.74. The average Bonchev–Trinajstić information content (AvgIpc) is 3.34. The standard InChI is InChI=1S/C24H28N4O2/c1-25-24(28-17-16-26-23(29)22-13-8-18-30-22)27-15-14-21(19-9-4-2-5-10-19)20-11-6-3-7-12-20/h2-13,18,21H,14-17H2,1H3,(H,26,29)(H2,25,27,28). The zero-order valence-corrected chi connectivity index (χ0v) is 17.2. The quantitative estimate of drug-likeness (QED) is 0.290. The lowest BCUT2D eigenvalue weighted by Gasteiger charge is -2.19. The predicted octanol–water partition coefficient (Wildman–Crippen LogP) is 3.40. The fourth-order valence-corrected chi connectivity index (χ4v) is 3.30. The third-order valence-corrected chi connectivity index (χ3v) is 4.80. The molecule has 0 aliphatic rings. The maximum atomic E-state index is 11.9. The molecule has 0 unspecified atom stereocenters. The van der Waals surface area contributed by atoms with Gasteiger partial charge in [-0.2, -0.15) is 0 Å². The van der Waals surface area contributed by atoms with Gasteiger partial charge in [0.1, 0.15) is 0 Å². The van der Waals surface area contributed by atoms with Gasteiger partial charge >= 0.3 is 0 Å². The van der Waals surface area contributed by atoms with Crippen molar-refractivity contribution in [2.24, 2.45) is 4.99 Å². The van der Waals surface area contributed by atoms with E-state index >= 15 is 0 Å². The number of aliphatic imine (C=N–C) groups is 1. The number of rotatable bonds is 9. The number of guanidine groups is 1. The summed E-state index contributed by atoms with van der Waals surface area (Å²) >= 11 is 0. The summed E-state index contributed by atoms with van der Waals surface area (Å²) in [6.45, 7) is 1.80. The monoisotopic (exact) mass is 404 g/mol. The van der Waals surface area contributed by atoms with Crippen LogP contribution in [0.3, 0.4) is 0 Å². The molecule has 156 valence electrons. The lowest BCUT2D eigenvalue weighted by atomic mass is 9.88. The fourth-order valence-electron chi connectivity index (χ4n) is 3.30. The Bertz CT molecular complexity index is 869. The number of nitrogens with one attached hydrogen (secondary N) is 3. The topological polar surface area (TPSA) is 78.7 Å². The molecular weight excluding hydrogens is 376 g/mol. The third kappa shape index (κ3) is 6.24. The van der Waals surface area contributed by atoms with E-state index in [0.717, 1.165) is 13.0 Å². The maximum absolute atomic E-state index is 11.9.